The number of rotatable bonds is 5. The van der Waals surface area contributed by atoms with Crippen molar-refractivity contribution in [3.05, 3.63) is 23.8 Å². The molecule has 0 spiro atoms. The van der Waals surface area contributed by atoms with Gasteiger partial charge < -0.3 is 25.8 Å². The van der Waals surface area contributed by atoms with Crippen molar-refractivity contribution < 1.29 is 19.1 Å². The molecular formula is C14H19N3O4. The Kier molecular flexibility index (Phi) is 4.52. The van der Waals surface area contributed by atoms with Crippen LogP contribution >= 0.6 is 0 Å². The molecule has 1 atom stereocenters. The number of hydrogen-bond donors (Lipinski definition) is 3. The van der Waals surface area contributed by atoms with Crippen LogP contribution in [0.1, 0.15) is 19.4 Å². The van der Waals surface area contributed by atoms with Crippen LogP contribution < -0.4 is 25.8 Å². The van der Waals surface area contributed by atoms with E-state index < -0.39 is 12.1 Å². The molecule has 2 rings (SSSR count). The highest BCUT2D eigenvalue weighted by atomic mass is 16.7. The van der Waals surface area contributed by atoms with Gasteiger partial charge in [0.2, 0.25) is 12.7 Å². The highest BCUT2D eigenvalue weighted by Gasteiger charge is 2.23. The molecule has 3 amide bonds. The van der Waals surface area contributed by atoms with Crippen LogP contribution in [0, 0.1) is 5.92 Å². The van der Waals surface area contributed by atoms with Crippen LogP contribution in [0.4, 0.5) is 4.79 Å². The van der Waals surface area contributed by atoms with Crippen molar-refractivity contribution in [2.45, 2.75) is 26.4 Å². The van der Waals surface area contributed by atoms with E-state index in [1.165, 1.54) is 0 Å². The molecule has 1 heterocycles. The number of carbonyl (C=O) groups is 2. The average Bonchev–Trinajstić information content (AvgIpc) is 2.89. The molecule has 114 valence electrons. The quantitative estimate of drug-likeness (QED) is 0.744. The van der Waals surface area contributed by atoms with E-state index in [-0.39, 0.29) is 18.6 Å². The molecule has 4 N–H and O–H groups in total. The van der Waals surface area contributed by atoms with Gasteiger partial charge in [-0.1, -0.05) is 19.9 Å². The largest absolute Gasteiger partial charge is 0.454 e. The summed E-state index contributed by atoms with van der Waals surface area (Å²) in [6.45, 7) is 4.21. The smallest absolute Gasteiger partial charge is 0.312 e. The van der Waals surface area contributed by atoms with Gasteiger partial charge in [-0.2, -0.15) is 0 Å². The van der Waals surface area contributed by atoms with Crippen LogP contribution in [0.5, 0.6) is 11.5 Å². The zero-order valence-corrected chi connectivity index (χ0v) is 12.0. The Morgan fingerprint density at radius 2 is 2.00 bits per heavy atom. The lowest BCUT2D eigenvalue weighted by Crippen LogP contribution is -2.51. The molecule has 1 aliphatic heterocycles. The molecule has 0 saturated carbocycles. The number of carbonyl (C=O) groups excluding carboxylic acids is 2. The fourth-order valence-corrected chi connectivity index (χ4v) is 2.04. The average molecular weight is 293 g/mol. The van der Waals surface area contributed by atoms with E-state index in [2.05, 4.69) is 10.6 Å². The Bertz CT molecular complexity index is 545. The van der Waals surface area contributed by atoms with Gasteiger partial charge in [-0.05, 0) is 23.6 Å². The highest BCUT2D eigenvalue weighted by Crippen LogP contribution is 2.32. The van der Waals surface area contributed by atoms with Crippen LogP contribution in [0.3, 0.4) is 0 Å². The van der Waals surface area contributed by atoms with Crippen molar-refractivity contribution in [1.82, 2.24) is 10.6 Å². The number of benzene rings is 1. The molecule has 0 aliphatic carbocycles. The molecule has 0 radical (unpaired) electrons. The summed E-state index contributed by atoms with van der Waals surface area (Å²) in [5.74, 6) is 1.02. The second kappa shape index (κ2) is 6.34. The SMILES string of the molecule is CC(C)C(NC(N)=O)C(=O)NCc1ccc2c(c1)OCO2. The van der Waals surface area contributed by atoms with Crippen LogP contribution in [-0.4, -0.2) is 24.8 Å². The number of fused-ring (bicyclic) bond motifs is 1. The minimum absolute atomic E-state index is 0.0609. The van der Waals surface area contributed by atoms with Gasteiger partial charge in [0.05, 0.1) is 0 Å². The Morgan fingerprint density at radius 3 is 2.67 bits per heavy atom. The molecule has 1 aliphatic rings. The lowest BCUT2D eigenvalue weighted by molar-refractivity contribution is -0.124. The van der Waals surface area contributed by atoms with Crippen molar-refractivity contribution in [2.24, 2.45) is 11.7 Å². The molecule has 0 bridgehead atoms. The highest BCUT2D eigenvalue weighted by molar-refractivity contribution is 5.86. The standard InChI is InChI=1S/C14H19N3O4/c1-8(2)12(17-14(15)19)13(18)16-6-9-3-4-10-11(5-9)21-7-20-10/h3-5,8,12H,6-7H2,1-2H3,(H,16,18)(H3,15,17,19). The third-order valence-electron chi connectivity index (χ3n) is 3.15. The molecule has 7 nitrogen and oxygen atoms in total. The van der Waals surface area contributed by atoms with Crippen LogP contribution in [0.15, 0.2) is 18.2 Å². The minimum atomic E-state index is -0.716. The van der Waals surface area contributed by atoms with Crippen LogP contribution in [0.25, 0.3) is 0 Å². The first-order valence-corrected chi connectivity index (χ1v) is 6.69. The molecule has 7 heteroatoms. The Hall–Kier alpha value is -2.44. The maximum Gasteiger partial charge on any atom is 0.312 e. The summed E-state index contributed by atoms with van der Waals surface area (Å²) in [6, 6.07) is 4.09. The molecule has 1 unspecified atom stereocenters. The fourth-order valence-electron chi connectivity index (χ4n) is 2.04. The van der Waals surface area contributed by atoms with Crippen molar-refractivity contribution in [3.63, 3.8) is 0 Å². The van der Waals surface area contributed by atoms with E-state index in [0.29, 0.717) is 18.0 Å². The van der Waals surface area contributed by atoms with E-state index >= 15 is 0 Å². The van der Waals surface area contributed by atoms with Gasteiger partial charge in [0, 0.05) is 6.54 Å². The van der Waals surface area contributed by atoms with Gasteiger partial charge in [0.1, 0.15) is 6.04 Å². The third-order valence-corrected chi connectivity index (χ3v) is 3.15. The van der Waals surface area contributed by atoms with Gasteiger partial charge in [0.15, 0.2) is 11.5 Å². The summed E-state index contributed by atoms with van der Waals surface area (Å²) in [7, 11) is 0. The number of nitrogens with one attached hydrogen (secondary N) is 2. The zero-order chi connectivity index (χ0) is 15.4. The van der Waals surface area contributed by atoms with Gasteiger partial charge >= 0.3 is 6.03 Å². The Labute approximate surface area is 122 Å². The molecule has 0 aromatic heterocycles. The first-order chi connectivity index (χ1) is 9.97. The summed E-state index contributed by atoms with van der Waals surface area (Å²) in [5.41, 5.74) is 5.96. The second-order valence-corrected chi connectivity index (χ2v) is 5.14. The van der Waals surface area contributed by atoms with Crippen molar-refractivity contribution in [3.8, 4) is 11.5 Å². The van der Waals surface area contributed by atoms with Crippen molar-refractivity contribution in [1.29, 1.82) is 0 Å². The second-order valence-electron chi connectivity index (χ2n) is 5.14. The molecule has 0 saturated heterocycles. The van der Waals surface area contributed by atoms with Gasteiger partial charge in [-0.25, -0.2) is 4.79 Å². The summed E-state index contributed by atoms with van der Waals surface area (Å²) in [5, 5.41) is 5.21. The van der Waals surface area contributed by atoms with E-state index in [9.17, 15) is 9.59 Å². The normalized spacial score (nSPS) is 13.9. The third kappa shape index (κ3) is 3.77. The Morgan fingerprint density at radius 1 is 1.29 bits per heavy atom. The number of amides is 3. The van der Waals surface area contributed by atoms with Crippen molar-refractivity contribution >= 4 is 11.9 Å². The minimum Gasteiger partial charge on any atom is -0.454 e. The molecule has 21 heavy (non-hydrogen) atoms. The van der Waals surface area contributed by atoms with Gasteiger partial charge in [0.25, 0.3) is 0 Å². The first-order valence-electron chi connectivity index (χ1n) is 6.69. The summed E-state index contributed by atoms with van der Waals surface area (Å²) in [6.07, 6.45) is 0. The lowest BCUT2D eigenvalue weighted by Gasteiger charge is -2.20. The predicted octanol–water partition coefficient (Wildman–Crippen LogP) is 0.724. The first kappa shape index (κ1) is 15.0. The van der Waals surface area contributed by atoms with E-state index in [4.69, 9.17) is 15.2 Å². The van der Waals surface area contributed by atoms with Crippen LogP contribution in [-0.2, 0) is 11.3 Å². The van der Waals surface area contributed by atoms with Gasteiger partial charge in [-0.15, -0.1) is 0 Å². The van der Waals surface area contributed by atoms with E-state index in [1.807, 2.05) is 26.0 Å². The molecule has 1 aromatic rings. The summed E-state index contributed by atoms with van der Waals surface area (Å²) < 4.78 is 10.5. The zero-order valence-electron chi connectivity index (χ0n) is 12.0. The number of urea groups is 1. The topological polar surface area (TPSA) is 103 Å². The number of hydrogen-bond acceptors (Lipinski definition) is 4. The molecule has 0 fully saturated rings. The number of nitrogens with two attached hydrogens (primary N) is 1. The monoisotopic (exact) mass is 293 g/mol. The van der Waals surface area contributed by atoms with E-state index in [0.717, 1.165) is 5.56 Å². The molecule has 1 aromatic carbocycles. The molecular weight excluding hydrogens is 274 g/mol. The Balaban J connectivity index is 1.95. The fraction of sp³-hybridized carbons (Fsp3) is 0.429. The summed E-state index contributed by atoms with van der Waals surface area (Å²) in [4.78, 5) is 23.0. The maximum atomic E-state index is 12.1. The van der Waals surface area contributed by atoms with E-state index in [1.54, 1.807) is 6.07 Å². The summed E-state index contributed by atoms with van der Waals surface area (Å²) >= 11 is 0. The lowest BCUT2D eigenvalue weighted by atomic mass is 10.0. The van der Waals surface area contributed by atoms with Crippen LogP contribution in [0.2, 0.25) is 0 Å². The number of primary amides is 1. The predicted molar refractivity (Wildman–Crippen MR) is 75.8 cm³/mol. The number of ether oxygens (including phenoxy) is 2. The van der Waals surface area contributed by atoms with Gasteiger partial charge in [-0.3, -0.25) is 4.79 Å². The maximum absolute atomic E-state index is 12.1. The van der Waals surface area contributed by atoms with Crippen molar-refractivity contribution in [2.75, 3.05) is 6.79 Å².